The summed E-state index contributed by atoms with van der Waals surface area (Å²) in [6.07, 6.45) is 3.28. The highest BCUT2D eigenvalue weighted by atomic mass is 35.5. The van der Waals surface area contributed by atoms with Crippen molar-refractivity contribution in [2.75, 3.05) is 6.61 Å². The smallest absolute Gasteiger partial charge is 0.348 e. The maximum absolute atomic E-state index is 12.0. The van der Waals surface area contributed by atoms with Gasteiger partial charge in [0.25, 0.3) is 5.79 Å². The Labute approximate surface area is 140 Å². The third kappa shape index (κ3) is 4.48. The minimum atomic E-state index is -1.26. The first-order valence-corrected chi connectivity index (χ1v) is 7.81. The maximum atomic E-state index is 12.0. The average Bonchev–Trinajstić information content (AvgIpc) is 2.44. The number of ether oxygens (including phenoxy) is 3. The molecular weight excluding hydrogens is 320 g/mol. The number of cyclic esters (lactones) is 2. The minimum Gasteiger partial charge on any atom is -0.493 e. The first-order chi connectivity index (χ1) is 10.8. The molecule has 1 aliphatic heterocycles. The molecule has 5 nitrogen and oxygen atoms in total. The van der Waals surface area contributed by atoms with Crippen molar-refractivity contribution in [1.82, 2.24) is 0 Å². The molecule has 0 saturated carbocycles. The Balaban J connectivity index is 2.32. The van der Waals surface area contributed by atoms with Crippen LogP contribution in [0.3, 0.4) is 0 Å². The van der Waals surface area contributed by atoms with Crippen LogP contribution >= 0.6 is 11.6 Å². The fourth-order valence-electron chi connectivity index (χ4n) is 2.02. The van der Waals surface area contributed by atoms with Gasteiger partial charge in [-0.3, -0.25) is 0 Å². The van der Waals surface area contributed by atoms with E-state index < -0.39 is 17.7 Å². The molecule has 23 heavy (non-hydrogen) atoms. The summed E-state index contributed by atoms with van der Waals surface area (Å²) in [6, 6.07) is 5.01. The summed E-state index contributed by atoms with van der Waals surface area (Å²) in [5.41, 5.74) is 0.337. The molecule has 1 aromatic rings. The highest BCUT2D eigenvalue weighted by Gasteiger charge is 2.39. The normalized spacial score (nSPS) is 16.6. The number of carbonyl (C=O) groups excluding carboxylic acids is 2. The van der Waals surface area contributed by atoms with E-state index in [-0.39, 0.29) is 5.57 Å². The van der Waals surface area contributed by atoms with E-state index in [0.29, 0.717) is 22.9 Å². The Hall–Kier alpha value is -2.01. The average molecular weight is 339 g/mol. The van der Waals surface area contributed by atoms with Crippen molar-refractivity contribution in [2.45, 2.75) is 39.4 Å². The van der Waals surface area contributed by atoms with E-state index in [9.17, 15) is 9.59 Å². The van der Waals surface area contributed by atoms with Crippen LogP contribution in [0, 0.1) is 0 Å². The lowest BCUT2D eigenvalue weighted by atomic mass is 10.1. The van der Waals surface area contributed by atoms with Crippen molar-refractivity contribution in [3.05, 3.63) is 34.4 Å². The lowest BCUT2D eigenvalue weighted by Gasteiger charge is -2.29. The third-order valence-corrected chi connectivity index (χ3v) is 3.38. The first-order valence-electron chi connectivity index (χ1n) is 7.43. The van der Waals surface area contributed by atoms with Crippen LogP contribution in [0.5, 0.6) is 5.75 Å². The summed E-state index contributed by atoms with van der Waals surface area (Å²) in [5, 5.41) is 0.470. The fraction of sp³-hybridized carbons (Fsp3) is 0.412. The molecule has 1 aliphatic rings. The van der Waals surface area contributed by atoms with Crippen LogP contribution in [0.25, 0.3) is 6.08 Å². The molecule has 2 rings (SSSR count). The number of unbranched alkanes of at least 4 members (excludes halogenated alkanes) is 1. The number of hydrogen-bond donors (Lipinski definition) is 0. The van der Waals surface area contributed by atoms with Gasteiger partial charge in [0.15, 0.2) is 0 Å². The molecule has 6 heteroatoms. The Bertz CT molecular complexity index is 626. The molecule has 0 radical (unpaired) electrons. The number of esters is 2. The van der Waals surface area contributed by atoms with Gasteiger partial charge in [0, 0.05) is 24.4 Å². The van der Waals surface area contributed by atoms with Gasteiger partial charge in [0.05, 0.1) is 6.61 Å². The second-order valence-electron chi connectivity index (χ2n) is 5.62. The summed E-state index contributed by atoms with van der Waals surface area (Å²) in [5.74, 6) is -2.18. The lowest BCUT2D eigenvalue weighted by Crippen LogP contribution is -2.41. The van der Waals surface area contributed by atoms with Gasteiger partial charge in [-0.05, 0) is 30.7 Å². The topological polar surface area (TPSA) is 61.8 Å². The van der Waals surface area contributed by atoms with E-state index in [2.05, 4.69) is 6.92 Å². The Morgan fingerprint density at radius 1 is 1.22 bits per heavy atom. The van der Waals surface area contributed by atoms with Crippen LogP contribution in [0.1, 0.15) is 39.2 Å². The van der Waals surface area contributed by atoms with Gasteiger partial charge in [0.2, 0.25) is 0 Å². The van der Waals surface area contributed by atoms with Gasteiger partial charge in [-0.15, -0.1) is 0 Å². The Morgan fingerprint density at radius 2 is 1.87 bits per heavy atom. The minimum absolute atomic E-state index is 0.188. The summed E-state index contributed by atoms with van der Waals surface area (Å²) < 4.78 is 15.8. The first kappa shape index (κ1) is 17.3. The van der Waals surface area contributed by atoms with Crippen LogP contribution in [-0.4, -0.2) is 24.3 Å². The van der Waals surface area contributed by atoms with Gasteiger partial charge >= 0.3 is 11.9 Å². The fourth-order valence-corrected chi connectivity index (χ4v) is 2.20. The van der Waals surface area contributed by atoms with Crippen LogP contribution in [0.15, 0.2) is 23.8 Å². The van der Waals surface area contributed by atoms with Crippen LogP contribution in [0.4, 0.5) is 0 Å². The molecule has 0 aliphatic carbocycles. The van der Waals surface area contributed by atoms with Crippen molar-refractivity contribution < 1.29 is 23.8 Å². The molecule has 0 atom stereocenters. The van der Waals surface area contributed by atoms with E-state index in [0.717, 1.165) is 12.8 Å². The van der Waals surface area contributed by atoms with Gasteiger partial charge < -0.3 is 14.2 Å². The predicted octanol–water partition coefficient (Wildman–Crippen LogP) is 3.74. The van der Waals surface area contributed by atoms with Crippen LogP contribution < -0.4 is 4.74 Å². The quantitative estimate of drug-likeness (QED) is 0.354. The number of hydrogen-bond acceptors (Lipinski definition) is 5. The molecular formula is C17H19ClO5. The monoisotopic (exact) mass is 338 g/mol. The van der Waals surface area contributed by atoms with E-state index in [1.807, 2.05) is 0 Å². The van der Waals surface area contributed by atoms with Crippen molar-refractivity contribution >= 4 is 29.6 Å². The van der Waals surface area contributed by atoms with E-state index >= 15 is 0 Å². The van der Waals surface area contributed by atoms with Gasteiger partial charge in [-0.25, -0.2) is 9.59 Å². The summed E-state index contributed by atoms with van der Waals surface area (Å²) in [4.78, 5) is 24.0. The summed E-state index contributed by atoms with van der Waals surface area (Å²) in [7, 11) is 0. The van der Waals surface area contributed by atoms with Gasteiger partial charge in [0.1, 0.15) is 11.3 Å². The molecule has 1 fully saturated rings. The molecule has 0 N–H and O–H groups in total. The molecule has 0 spiro atoms. The van der Waals surface area contributed by atoms with Gasteiger partial charge in [-0.1, -0.05) is 24.9 Å². The zero-order chi connectivity index (χ0) is 17.0. The zero-order valence-corrected chi connectivity index (χ0v) is 14.1. The highest BCUT2D eigenvalue weighted by molar-refractivity contribution is 6.30. The Kier molecular flexibility index (Phi) is 5.31. The molecule has 1 aromatic carbocycles. The van der Waals surface area contributed by atoms with E-state index in [1.165, 1.54) is 19.9 Å². The van der Waals surface area contributed by atoms with Crippen molar-refractivity contribution in [3.8, 4) is 5.75 Å². The molecule has 0 unspecified atom stereocenters. The zero-order valence-electron chi connectivity index (χ0n) is 13.3. The van der Waals surface area contributed by atoms with Crippen molar-refractivity contribution in [1.29, 1.82) is 0 Å². The predicted molar refractivity (Wildman–Crippen MR) is 86.1 cm³/mol. The van der Waals surface area contributed by atoms with Gasteiger partial charge in [-0.2, -0.15) is 0 Å². The summed E-state index contributed by atoms with van der Waals surface area (Å²) >= 11 is 6.00. The van der Waals surface area contributed by atoms with E-state index in [4.69, 9.17) is 25.8 Å². The number of benzene rings is 1. The van der Waals surface area contributed by atoms with E-state index in [1.54, 1.807) is 18.2 Å². The number of carbonyl (C=O) groups is 2. The number of halogens is 1. The third-order valence-electron chi connectivity index (χ3n) is 3.14. The molecule has 0 bridgehead atoms. The maximum Gasteiger partial charge on any atom is 0.348 e. The highest BCUT2D eigenvalue weighted by Crippen LogP contribution is 2.29. The van der Waals surface area contributed by atoms with Crippen molar-refractivity contribution in [2.24, 2.45) is 0 Å². The number of rotatable bonds is 5. The molecule has 0 aromatic heterocycles. The lowest BCUT2D eigenvalue weighted by molar-refractivity contribution is -0.222. The second-order valence-corrected chi connectivity index (χ2v) is 6.06. The molecule has 124 valence electrons. The van der Waals surface area contributed by atoms with Crippen LogP contribution in [0.2, 0.25) is 5.02 Å². The standard InChI is InChI=1S/C17H19ClO5/c1-4-5-8-21-14-7-6-12(18)9-11(14)10-13-15(19)22-17(2,3)23-16(13)20/h6-7,9-10H,4-5,8H2,1-3H3. The van der Waals surface area contributed by atoms with Crippen LogP contribution in [-0.2, 0) is 19.1 Å². The SMILES string of the molecule is CCCCOc1ccc(Cl)cc1C=C1C(=O)OC(C)(C)OC1=O. The van der Waals surface area contributed by atoms with Crippen molar-refractivity contribution in [3.63, 3.8) is 0 Å². The Morgan fingerprint density at radius 3 is 2.48 bits per heavy atom. The molecule has 1 saturated heterocycles. The molecule has 0 amide bonds. The molecule has 1 heterocycles. The second kappa shape index (κ2) is 7.04. The summed E-state index contributed by atoms with van der Waals surface area (Å²) in [6.45, 7) is 5.59. The largest absolute Gasteiger partial charge is 0.493 e.